The van der Waals surface area contributed by atoms with E-state index in [1.165, 1.54) is 17.5 Å². The third-order valence-corrected chi connectivity index (χ3v) is 6.67. The number of aromatic nitrogens is 2. The van der Waals surface area contributed by atoms with Crippen LogP contribution in [0.4, 0.5) is 5.69 Å². The number of oxazole rings is 1. The highest BCUT2D eigenvalue weighted by Crippen LogP contribution is 2.25. The van der Waals surface area contributed by atoms with Crippen molar-refractivity contribution in [2.75, 3.05) is 31.6 Å². The summed E-state index contributed by atoms with van der Waals surface area (Å²) in [4.78, 5) is 23.1. The Kier molecular flexibility index (Phi) is 9.56. The summed E-state index contributed by atoms with van der Waals surface area (Å²) in [5.74, 6) is 1.49. The molecule has 37 heavy (non-hydrogen) atoms. The van der Waals surface area contributed by atoms with Gasteiger partial charge in [0.1, 0.15) is 12.4 Å². The number of anilines is 1. The monoisotopic (exact) mass is 526 g/mol. The standard InChI is InChI=1S/C27H32N4O5.H2S/c32-24(2-4-27(33)21-9-23(12-28-11-21)30-22-6-8-34-16-22)15-31-7-5-19-10-25(3-1-20(19)14-31)35-17-26-13-29-18-36-26;/h1,3,9-13,18,22,24,30,32H,2,4-8,14-17H2;1H2/t22?,24-;/m0./s1. The second-order valence-corrected chi connectivity index (χ2v) is 9.45. The Bertz CT molecular complexity index is 1150. The molecule has 0 spiro atoms. The molecule has 3 aromatic rings. The lowest BCUT2D eigenvalue weighted by Crippen LogP contribution is -2.36. The number of pyridine rings is 1. The zero-order chi connectivity index (χ0) is 24.7. The van der Waals surface area contributed by atoms with Crippen molar-refractivity contribution in [3.63, 3.8) is 0 Å². The van der Waals surface area contributed by atoms with Gasteiger partial charge in [0.25, 0.3) is 0 Å². The molecule has 1 unspecified atom stereocenters. The number of ketones is 1. The number of hydrogen-bond acceptors (Lipinski definition) is 9. The first kappa shape index (κ1) is 27.1. The SMILES string of the molecule is O=C(CC[C@H](O)CN1CCc2cc(OCc3cnco3)ccc2C1)c1cncc(NC2CCOC2)c1.S. The van der Waals surface area contributed by atoms with Crippen LogP contribution >= 0.6 is 13.5 Å². The van der Waals surface area contributed by atoms with Crippen molar-refractivity contribution in [1.82, 2.24) is 14.9 Å². The summed E-state index contributed by atoms with van der Waals surface area (Å²) in [5, 5.41) is 14.0. The number of Topliss-reactive ketones (excluding diaryl/α,β-unsaturated/α-hetero) is 1. The first-order chi connectivity index (χ1) is 17.6. The van der Waals surface area contributed by atoms with Crippen molar-refractivity contribution in [3.05, 3.63) is 71.7 Å². The summed E-state index contributed by atoms with van der Waals surface area (Å²) in [6.45, 7) is 3.94. The van der Waals surface area contributed by atoms with Crippen LogP contribution in [0.2, 0.25) is 0 Å². The molecule has 2 atom stereocenters. The summed E-state index contributed by atoms with van der Waals surface area (Å²) in [7, 11) is 0. The number of aliphatic hydroxyl groups is 1. The normalized spacial score (nSPS) is 18.0. The molecule has 0 radical (unpaired) electrons. The van der Waals surface area contributed by atoms with Crippen LogP contribution in [-0.4, -0.2) is 64.2 Å². The molecule has 0 bridgehead atoms. The van der Waals surface area contributed by atoms with Crippen LogP contribution in [0.5, 0.6) is 5.75 Å². The van der Waals surface area contributed by atoms with E-state index in [1.807, 2.05) is 12.1 Å². The van der Waals surface area contributed by atoms with E-state index in [9.17, 15) is 9.90 Å². The molecular formula is C27H34N4O5S. The molecule has 10 heteroatoms. The topological polar surface area (TPSA) is 110 Å². The van der Waals surface area contributed by atoms with Crippen LogP contribution in [0.3, 0.4) is 0 Å². The molecule has 0 amide bonds. The molecule has 2 aliphatic rings. The number of carbonyl (C=O) groups excluding carboxylic acids is 1. The van der Waals surface area contributed by atoms with Crippen molar-refractivity contribution >= 4 is 25.0 Å². The van der Waals surface area contributed by atoms with E-state index in [0.29, 0.717) is 37.5 Å². The third kappa shape index (κ3) is 7.54. The molecule has 1 saturated heterocycles. The van der Waals surface area contributed by atoms with E-state index in [4.69, 9.17) is 13.9 Å². The Morgan fingerprint density at radius 3 is 2.95 bits per heavy atom. The lowest BCUT2D eigenvalue weighted by Gasteiger charge is -2.30. The van der Waals surface area contributed by atoms with Crippen molar-refractivity contribution in [2.45, 2.75) is 51.0 Å². The van der Waals surface area contributed by atoms with Crippen LogP contribution < -0.4 is 10.1 Å². The molecule has 198 valence electrons. The average molecular weight is 527 g/mol. The lowest BCUT2D eigenvalue weighted by atomic mass is 9.98. The summed E-state index contributed by atoms with van der Waals surface area (Å²) in [6.07, 6.45) is 8.34. The zero-order valence-electron chi connectivity index (χ0n) is 20.8. The fraction of sp³-hybridized carbons (Fsp3) is 0.444. The highest BCUT2D eigenvalue weighted by Gasteiger charge is 2.21. The minimum absolute atomic E-state index is 0. The highest BCUT2D eigenvalue weighted by atomic mass is 32.1. The highest BCUT2D eigenvalue weighted by molar-refractivity contribution is 7.59. The van der Waals surface area contributed by atoms with E-state index >= 15 is 0 Å². The predicted octanol–water partition coefficient (Wildman–Crippen LogP) is 3.34. The van der Waals surface area contributed by atoms with Crippen molar-refractivity contribution in [3.8, 4) is 5.75 Å². The van der Waals surface area contributed by atoms with Gasteiger partial charge in [-0.1, -0.05) is 6.07 Å². The number of nitrogens with one attached hydrogen (secondary N) is 1. The molecule has 0 aliphatic carbocycles. The van der Waals surface area contributed by atoms with Gasteiger partial charge in [0.15, 0.2) is 17.9 Å². The van der Waals surface area contributed by atoms with E-state index in [2.05, 4.69) is 32.3 Å². The summed E-state index contributed by atoms with van der Waals surface area (Å²) in [6, 6.07) is 8.22. The van der Waals surface area contributed by atoms with E-state index < -0.39 is 6.10 Å². The molecule has 1 aromatic carbocycles. The Labute approximate surface area is 223 Å². The molecule has 1 fully saturated rings. The second kappa shape index (κ2) is 13.0. The molecular weight excluding hydrogens is 492 g/mol. The average Bonchev–Trinajstić information content (AvgIpc) is 3.61. The third-order valence-electron chi connectivity index (χ3n) is 6.67. The van der Waals surface area contributed by atoms with Gasteiger partial charge in [0.05, 0.1) is 30.6 Å². The van der Waals surface area contributed by atoms with Gasteiger partial charge in [-0.2, -0.15) is 13.5 Å². The van der Waals surface area contributed by atoms with Crippen molar-refractivity contribution in [2.24, 2.45) is 0 Å². The van der Waals surface area contributed by atoms with Crippen molar-refractivity contribution < 1.29 is 23.8 Å². The number of hydrogen-bond donors (Lipinski definition) is 2. The summed E-state index contributed by atoms with van der Waals surface area (Å²) < 4.78 is 16.4. The maximum absolute atomic E-state index is 12.7. The number of carbonyl (C=O) groups is 1. The number of benzene rings is 1. The van der Waals surface area contributed by atoms with Crippen molar-refractivity contribution in [1.29, 1.82) is 0 Å². The molecule has 0 saturated carbocycles. The number of ether oxygens (including phenoxy) is 2. The molecule has 2 aliphatic heterocycles. The van der Waals surface area contributed by atoms with Gasteiger partial charge in [0.2, 0.25) is 0 Å². The van der Waals surface area contributed by atoms with Gasteiger partial charge in [-0.05, 0) is 48.6 Å². The minimum Gasteiger partial charge on any atom is -0.486 e. The maximum Gasteiger partial charge on any atom is 0.181 e. The summed E-state index contributed by atoms with van der Waals surface area (Å²) in [5.41, 5.74) is 3.89. The number of aliphatic hydroxyl groups excluding tert-OH is 1. The summed E-state index contributed by atoms with van der Waals surface area (Å²) >= 11 is 0. The Morgan fingerprint density at radius 2 is 2.14 bits per heavy atom. The van der Waals surface area contributed by atoms with E-state index in [1.54, 1.807) is 18.6 Å². The van der Waals surface area contributed by atoms with Crippen LogP contribution in [0.1, 0.15) is 46.5 Å². The second-order valence-electron chi connectivity index (χ2n) is 9.45. The van der Waals surface area contributed by atoms with Crippen LogP contribution in [0.25, 0.3) is 0 Å². The Balaban J connectivity index is 0.00000320. The van der Waals surface area contributed by atoms with Crippen LogP contribution in [0, 0.1) is 0 Å². The molecule has 2 N–H and O–H groups in total. The number of nitrogens with zero attached hydrogens (tertiary/aromatic N) is 3. The van der Waals surface area contributed by atoms with E-state index in [-0.39, 0.29) is 31.7 Å². The van der Waals surface area contributed by atoms with E-state index in [0.717, 1.165) is 44.0 Å². The minimum atomic E-state index is -0.565. The first-order valence-electron chi connectivity index (χ1n) is 12.5. The maximum atomic E-state index is 12.7. The Hall–Kier alpha value is -2.92. The molecule has 2 aromatic heterocycles. The largest absolute Gasteiger partial charge is 0.486 e. The predicted molar refractivity (Wildman–Crippen MR) is 143 cm³/mol. The molecule has 4 heterocycles. The lowest BCUT2D eigenvalue weighted by molar-refractivity contribution is 0.0836. The van der Waals surface area contributed by atoms with Gasteiger partial charge >= 0.3 is 0 Å². The number of β-amino-alcohol motifs (C(OH)–C–C–N with tert-alkyl or cyclic N) is 1. The fourth-order valence-electron chi connectivity index (χ4n) is 4.69. The quantitative estimate of drug-likeness (QED) is 0.364. The van der Waals surface area contributed by atoms with Gasteiger partial charge in [-0.3, -0.25) is 14.7 Å². The molecule has 5 rings (SSSR count). The van der Waals surface area contributed by atoms with Gasteiger partial charge < -0.3 is 24.3 Å². The zero-order valence-corrected chi connectivity index (χ0v) is 21.8. The fourth-order valence-corrected chi connectivity index (χ4v) is 4.69. The smallest absolute Gasteiger partial charge is 0.181 e. The first-order valence-corrected chi connectivity index (χ1v) is 12.5. The number of rotatable bonds is 11. The van der Waals surface area contributed by atoms with Gasteiger partial charge in [-0.15, -0.1) is 0 Å². The Morgan fingerprint density at radius 1 is 1.22 bits per heavy atom. The van der Waals surface area contributed by atoms with Crippen LogP contribution in [0.15, 0.2) is 53.7 Å². The number of fused-ring (bicyclic) bond motifs is 1. The van der Waals surface area contributed by atoms with Gasteiger partial charge in [0, 0.05) is 50.6 Å². The van der Waals surface area contributed by atoms with Crippen LogP contribution in [-0.2, 0) is 24.3 Å². The van der Waals surface area contributed by atoms with Gasteiger partial charge in [-0.25, -0.2) is 4.98 Å². The molecule has 9 nitrogen and oxygen atoms in total.